The highest BCUT2D eigenvalue weighted by atomic mass is 32.2. The number of carbonyl (C=O) groups is 2. The maximum atomic E-state index is 13.1. The molecule has 1 atom stereocenters. The summed E-state index contributed by atoms with van der Waals surface area (Å²) >= 11 is 0. The first kappa shape index (κ1) is 21.8. The lowest BCUT2D eigenvalue weighted by atomic mass is 9.93. The van der Waals surface area contributed by atoms with Crippen molar-refractivity contribution < 1.29 is 22.7 Å². The van der Waals surface area contributed by atoms with Crippen LogP contribution in [-0.4, -0.2) is 61.3 Å². The second-order valence-electron chi connectivity index (χ2n) is 8.08. The number of nitrogens with zero attached hydrogens (tertiary/aromatic N) is 2. The van der Waals surface area contributed by atoms with E-state index in [1.54, 1.807) is 43.0 Å². The quantitative estimate of drug-likeness (QED) is 0.680. The van der Waals surface area contributed by atoms with E-state index in [2.05, 4.69) is 0 Å². The first-order valence-corrected chi connectivity index (χ1v) is 11.7. The molecule has 1 amide bonds. The number of sulfonamides is 1. The smallest absolute Gasteiger partial charge is 0.331 e. The van der Waals surface area contributed by atoms with Crippen LogP contribution in [0.4, 0.5) is 0 Å². The molecule has 0 bridgehead atoms. The Morgan fingerprint density at radius 2 is 1.76 bits per heavy atom. The molecule has 2 saturated heterocycles. The minimum atomic E-state index is -3.56. The number of ether oxygens (including phenoxy) is 1. The molecule has 8 heteroatoms. The first-order chi connectivity index (χ1) is 13.7. The predicted molar refractivity (Wildman–Crippen MR) is 109 cm³/mol. The molecule has 0 saturated carbocycles. The summed E-state index contributed by atoms with van der Waals surface area (Å²) in [6.07, 6.45) is 2.28. The minimum absolute atomic E-state index is 0.0644. The van der Waals surface area contributed by atoms with Crippen molar-refractivity contribution in [3.63, 3.8) is 0 Å². The van der Waals surface area contributed by atoms with Gasteiger partial charge in [-0.25, -0.2) is 13.2 Å². The fraction of sp³-hybridized carbons (Fsp3) is 0.619. The van der Waals surface area contributed by atoms with Crippen molar-refractivity contribution in [1.29, 1.82) is 0 Å². The Bertz CT molecular complexity index is 860. The number of rotatable bonds is 5. The van der Waals surface area contributed by atoms with Crippen LogP contribution >= 0.6 is 0 Å². The Kier molecular flexibility index (Phi) is 6.33. The van der Waals surface area contributed by atoms with Crippen LogP contribution in [0.25, 0.3) is 0 Å². The van der Waals surface area contributed by atoms with Crippen LogP contribution in [-0.2, 0) is 24.3 Å². The molecule has 1 aromatic rings. The van der Waals surface area contributed by atoms with Gasteiger partial charge in [0.1, 0.15) is 5.54 Å². The zero-order valence-corrected chi connectivity index (χ0v) is 18.2. The van der Waals surface area contributed by atoms with Gasteiger partial charge in [-0.3, -0.25) is 4.79 Å². The van der Waals surface area contributed by atoms with E-state index >= 15 is 0 Å². The van der Waals surface area contributed by atoms with Crippen LogP contribution in [0.2, 0.25) is 0 Å². The van der Waals surface area contributed by atoms with Crippen LogP contribution in [0.5, 0.6) is 0 Å². The molecule has 0 aliphatic carbocycles. The molecule has 2 heterocycles. The Balaban J connectivity index is 1.66. The van der Waals surface area contributed by atoms with Crippen LogP contribution in [0.1, 0.15) is 45.1 Å². The van der Waals surface area contributed by atoms with E-state index in [9.17, 15) is 18.0 Å². The predicted octanol–water partition coefficient (Wildman–Crippen LogP) is 2.34. The summed E-state index contributed by atoms with van der Waals surface area (Å²) in [6.45, 7) is 6.87. The number of hydrogen-bond donors (Lipinski definition) is 0. The maximum absolute atomic E-state index is 13.1. The zero-order chi connectivity index (χ0) is 21.2. The van der Waals surface area contributed by atoms with E-state index in [1.807, 2.05) is 6.92 Å². The first-order valence-electron chi connectivity index (χ1n) is 10.3. The Labute approximate surface area is 173 Å². The monoisotopic (exact) mass is 422 g/mol. The maximum Gasteiger partial charge on any atom is 0.331 e. The molecule has 0 unspecified atom stereocenters. The Morgan fingerprint density at radius 3 is 2.34 bits per heavy atom. The topological polar surface area (TPSA) is 84.0 Å². The van der Waals surface area contributed by atoms with Gasteiger partial charge in [0, 0.05) is 25.6 Å². The summed E-state index contributed by atoms with van der Waals surface area (Å²) in [4.78, 5) is 27.5. The second-order valence-corrected chi connectivity index (χ2v) is 10.0. The second kappa shape index (κ2) is 8.44. The van der Waals surface area contributed by atoms with Gasteiger partial charge in [-0.05, 0) is 58.6 Å². The fourth-order valence-corrected chi connectivity index (χ4v) is 5.71. The van der Waals surface area contributed by atoms with E-state index in [-0.39, 0.29) is 29.3 Å². The molecule has 29 heavy (non-hydrogen) atoms. The van der Waals surface area contributed by atoms with Gasteiger partial charge in [-0.1, -0.05) is 17.7 Å². The van der Waals surface area contributed by atoms with Crippen molar-refractivity contribution >= 4 is 21.9 Å². The van der Waals surface area contributed by atoms with Gasteiger partial charge in [0.15, 0.2) is 0 Å². The van der Waals surface area contributed by atoms with Gasteiger partial charge in [-0.15, -0.1) is 0 Å². The van der Waals surface area contributed by atoms with Gasteiger partial charge in [0.25, 0.3) is 0 Å². The van der Waals surface area contributed by atoms with Gasteiger partial charge >= 0.3 is 5.97 Å². The molecule has 2 fully saturated rings. The number of aryl methyl sites for hydroxylation is 1. The van der Waals surface area contributed by atoms with Gasteiger partial charge < -0.3 is 9.64 Å². The summed E-state index contributed by atoms with van der Waals surface area (Å²) in [7, 11) is -3.56. The third-order valence-corrected chi connectivity index (χ3v) is 8.00. The third-order valence-electron chi connectivity index (χ3n) is 6.08. The molecular weight excluding hydrogens is 392 g/mol. The summed E-state index contributed by atoms with van der Waals surface area (Å²) in [5.41, 5.74) is 0.0848. The molecule has 0 spiro atoms. The van der Waals surface area contributed by atoms with Crippen molar-refractivity contribution in [2.45, 2.75) is 56.9 Å². The lowest BCUT2D eigenvalue weighted by molar-refractivity contribution is -0.162. The summed E-state index contributed by atoms with van der Waals surface area (Å²) < 4.78 is 32.4. The molecule has 3 rings (SSSR count). The van der Waals surface area contributed by atoms with Gasteiger partial charge in [0.05, 0.1) is 11.5 Å². The van der Waals surface area contributed by atoms with Crippen molar-refractivity contribution in [2.75, 3.05) is 26.2 Å². The highest BCUT2D eigenvalue weighted by Gasteiger charge is 2.48. The minimum Gasteiger partial charge on any atom is -0.464 e. The number of amides is 1. The Hall–Kier alpha value is -1.93. The van der Waals surface area contributed by atoms with Crippen molar-refractivity contribution in [2.24, 2.45) is 5.92 Å². The molecule has 0 radical (unpaired) electrons. The van der Waals surface area contributed by atoms with E-state index in [0.29, 0.717) is 38.9 Å². The summed E-state index contributed by atoms with van der Waals surface area (Å²) in [6, 6.07) is 6.81. The largest absolute Gasteiger partial charge is 0.464 e. The average Bonchev–Trinajstić information content (AvgIpc) is 3.11. The molecule has 0 aromatic heterocycles. The normalized spacial score (nSPS) is 23.9. The number of piperidine rings is 1. The Morgan fingerprint density at radius 1 is 1.14 bits per heavy atom. The highest BCUT2D eigenvalue weighted by molar-refractivity contribution is 7.89. The summed E-state index contributed by atoms with van der Waals surface area (Å²) in [5, 5.41) is 0. The standard InChI is InChI=1S/C21H30N2O5S/c1-4-28-20(25)21(3)12-5-13-23(21)19(24)17-10-14-22(15-11-17)29(26,27)18-8-6-16(2)7-9-18/h6-9,17H,4-5,10-15H2,1-3H3/t21-/m1/s1. The van der Waals surface area contributed by atoms with Crippen molar-refractivity contribution in [1.82, 2.24) is 9.21 Å². The number of likely N-dealkylation sites (tertiary alicyclic amines) is 1. The SMILES string of the molecule is CCOC(=O)[C@@]1(C)CCCN1C(=O)C1CCN(S(=O)(=O)c2ccc(C)cc2)CC1. The molecule has 1 aromatic carbocycles. The zero-order valence-electron chi connectivity index (χ0n) is 17.4. The van der Waals surface area contributed by atoms with Crippen LogP contribution in [0, 0.1) is 12.8 Å². The fourth-order valence-electron chi connectivity index (χ4n) is 4.24. The van der Waals surface area contributed by atoms with Crippen LogP contribution in [0.3, 0.4) is 0 Å². The van der Waals surface area contributed by atoms with Gasteiger partial charge in [0.2, 0.25) is 15.9 Å². The van der Waals surface area contributed by atoms with Crippen LogP contribution < -0.4 is 0 Å². The van der Waals surface area contributed by atoms with E-state index < -0.39 is 15.6 Å². The number of hydrogen-bond acceptors (Lipinski definition) is 5. The lowest BCUT2D eigenvalue weighted by Gasteiger charge is -2.37. The van der Waals surface area contributed by atoms with E-state index in [4.69, 9.17) is 4.74 Å². The van der Waals surface area contributed by atoms with Gasteiger partial charge in [-0.2, -0.15) is 4.31 Å². The average molecular weight is 423 g/mol. The van der Waals surface area contributed by atoms with E-state index in [0.717, 1.165) is 12.0 Å². The molecule has 160 valence electrons. The van der Waals surface area contributed by atoms with Crippen LogP contribution in [0.15, 0.2) is 29.2 Å². The summed E-state index contributed by atoms with van der Waals surface area (Å²) in [5.74, 6) is -0.693. The molecular formula is C21H30N2O5S. The van der Waals surface area contributed by atoms with Crippen molar-refractivity contribution in [3.05, 3.63) is 29.8 Å². The lowest BCUT2D eigenvalue weighted by Crippen LogP contribution is -2.54. The number of carbonyl (C=O) groups excluding carboxylic acids is 2. The molecule has 0 N–H and O–H groups in total. The number of esters is 1. The number of benzene rings is 1. The third kappa shape index (κ3) is 4.19. The van der Waals surface area contributed by atoms with Crippen molar-refractivity contribution in [3.8, 4) is 0 Å². The molecule has 7 nitrogen and oxygen atoms in total. The molecule has 2 aliphatic heterocycles. The molecule has 2 aliphatic rings. The highest BCUT2D eigenvalue weighted by Crippen LogP contribution is 2.34. The van der Waals surface area contributed by atoms with E-state index in [1.165, 1.54) is 4.31 Å².